The highest BCUT2D eigenvalue weighted by atomic mass is 19.4. The predicted octanol–water partition coefficient (Wildman–Crippen LogP) is 4.24. The van der Waals surface area contributed by atoms with E-state index in [1.807, 2.05) is 0 Å². The normalized spacial score (nSPS) is 11.7. The van der Waals surface area contributed by atoms with E-state index in [1.54, 1.807) is 30.3 Å². The third kappa shape index (κ3) is 4.72. The van der Waals surface area contributed by atoms with Gasteiger partial charge in [0.2, 0.25) is 0 Å². The molecular formula is C18H12F3N3O3. The minimum Gasteiger partial charge on any atom is -0.476 e. The molecule has 1 aromatic heterocycles. The van der Waals surface area contributed by atoms with Gasteiger partial charge in [0.25, 0.3) is 0 Å². The monoisotopic (exact) mass is 375 g/mol. The van der Waals surface area contributed by atoms with Crippen LogP contribution in [0.1, 0.15) is 21.7 Å². The summed E-state index contributed by atoms with van der Waals surface area (Å²) in [7, 11) is 0. The standard InChI is InChI=1S/C18H12F3N3O3/c19-18(20,21)27-14-8-6-13(7-9-14)12-4-1-11(2-5-12)3-10-15-16(17(25)26)23-24-22-15/h1-10H,(H,25,26)(H,22,23,24)/b10-3+. The number of rotatable bonds is 5. The molecule has 6 nitrogen and oxygen atoms in total. The molecule has 0 fully saturated rings. The zero-order valence-corrected chi connectivity index (χ0v) is 13.6. The van der Waals surface area contributed by atoms with Crippen LogP contribution in [0.3, 0.4) is 0 Å². The number of carboxylic acids is 1. The summed E-state index contributed by atoms with van der Waals surface area (Å²) in [6.45, 7) is 0. The van der Waals surface area contributed by atoms with E-state index < -0.39 is 12.3 Å². The lowest BCUT2D eigenvalue weighted by Crippen LogP contribution is -2.16. The minimum atomic E-state index is -4.72. The Morgan fingerprint density at radius 3 is 2.11 bits per heavy atom. The van der Waals surface area contributed by atoms with Crippen molar-refractivity contribution in [2.24, 2.45) is 0 Å². The van der Waals surface area contributed by atoms with Crippen LogP contribution in [-0.4, -0.2) is 32.8 Å². The molecule has 0 saturated carbocycles. The Hall–Kier alpha value is -3.62. The lowest BCUT2D eigenvalue weighted by molar-refractivity contribution is -0.274. The van der Waals surface area contributed by atoms with Crippen LogP contribution in [0.4, 0.5) is 13.2 Å². The SMILES string of the molecule is O=C(O)c1n[nH]nc1/C=C/c1ccc(-c2ccc(OC(F)(F)F)cc2)cc1. The predicted molar refractivity (Wildman–Crippen MR) is 90.8 cm³/mol. The second kappa shape index (κ2) is 7.32. The number of aromatic amines is 1. The molecular weight excluding hydrogens is 363 g/mol. The van der Waals surface area contributed by atoms with Gasteiger partial charge in [0.1, 0.15) is 11.4 Å². The highest BCUT2D eigenvalue weighted by Gasteiger charge is 2.30. The van der Waals surface area contributed by atoms with Crippen molar-refractivity contribution in [3.8, 4) is 16.9 Å². The van der Waals surface area contributed by atoms with Gasteiger partial charge in [-0.15, -0.1) is 18.3 Å². The first-order valence-electron chi connectivity index (χ1n) is 7.60. The van der Waals surface area contributed by atoms with Gasteiger partial charge in [0, 0.05) is 0 Å². The maximum absolute atomic E-state index is 12.2. The molecule has 0 unspecified atom stereocenters. The number of H-pyrrole nitrogens is 1. The van der Waals surface area contributed by atoms with Crippen molar-refractivity contribution >= 4 is 18.1 Å². The molecule has 0 amide bonds. The number of carboxylic acid groups (broad SMARTS) is 1. The van der Waals surface area contributed by atoms with Gasteiger partial charge in [-0.3, -0.25) is 0 Å². The second-order valence-corrected chi connectivity index (χ2v) is 5.39. The van der Waals surface area contributed by atoms with Crippen LogP contribution in [0.2, 0.25) is 0 Å². The lowest BCUT2D eigenvalue weighted by Gasteiger charge is -2.09. The van der Waals surface area contributed by atoms with Crippen LogP contribution < -0.4 is 4.74 Å². The number of alkyl halides is 3. The van der Waals surface area contributed by atoms with Crippen LogP contribution in [0.25, 0.3) is 23.3 Å². The van der Waals surface area contributed by atoms with Crippen LogP contribution in [0.15, 0.2) is 48.5 Å². The van der Waals surface area contributed by atoms with E-state index in [1.165, 1.54) is 30.3 Å². The Kier molecular flexibility index (Phi) is 4.93. The average Bonchev–Trinajstić information content (AvgIpc) is 3.09. The topological polar surface area (TPSA) is 88.1 Å². The molecule has 0 spiro atoms. The summed E-state index contributed by atoms with van der Waals surface area (Å²) in [5.41, 5.74) is 2.34. The highest BCUT2D eigenvalue weighted by molar-refractivity contribution is 5.90. The van der Waals surface area contributed by atoms with Gasteiger partial charge in [-0.1, -0.05) is 42.5 Å². The van der Waals surface area contributed by atoms with E-state index in [-0.39, 0.29) is 17.1 Å². The van der Waals surface area contributed by atoms with Gasteiger partial charge in [0.05, 0.1) is 0 Å². The summed E-state index contributed by atoms with van der Waals surface area (Å²) in [6.07, 6.45) is -1.53. The van der Waals surface area contributed by atoms with E-state index in [0.29, 0.717) is 0 Å². The zero-order valence-electron chi connectivity index (χ0n) is 13.6. The molecule has 0 atom stereocenters. The minimum absolute atomic E-state index is 0.177. The molecule has 3 aromatic rings. The third-order valence-corrected chi connectivity index (χ3v) is 3.54. The van der Waals surface area contributed by atoms with Crippen molar-refractivity contribution in [3.63, 3.8) is 0 Å². The zero-order chi connectivity index (χ0) is 19.4. The molecule has 9 heteroatoms. The van der Waals surface area contributed by atoms with Crippen LogP contribution in [0, 0.1) is 0 Å². The fraction of sp³-hybridized carbons (Fsp3) is 0.0556. The maximum atomic E-state index is 12.2. The fourth-order valence-electron chi connectivity index (χ4n) is 2.32. The molecule has 0 aliphatic rings. The molecule has 0 bridgehead atoms. The van der Waals surface area contributed by atoms with E-state index in [0.717, 1.165) is 16.7 Å². The molecule has 138 valence electrons. The summed E-state index contributed by atoms with van der Waals surface area (Å²) in [4.78, 5) is 11.0. The number of benzene rings is 2. The number of aromatic nitrogens is 3. The van der Waals surface area contributed by atoms with E-state index >= 15 is 0 Å². The largest absolute Gasteiger partial charge is 0.573 e. The first kappa shape index (κ1) is 18.2. The second-order valence-electron chi connectivity index (χ2n) is 5.39. The van der Waals surface area contributed by atoms with Gasteiger partial charge in [-0.2, -0.15) is 10.3 Å². The number of aromatic carboxylic acids is 1. The quantitative estimate of drug-likeness (QED) is 0.696. The Balaban J connectivity index is 1.72. The Labute approximate surface area is 150 Å². The highest BCUT2D eigenvalue weighted by Crippen LogP contribution is 2.26. The lowest BCUT2D eigenvalue weighted by atomic mass is 10.0. The number of hydrogen-bond acceptors (Lipinski definition) is 4. The molecule has 0 radical (unpaired) electrons. The van der Waals surface area contributed by atoms with Crippen LogP contribution >= 0.6 is 0 Å². The van der Waals surface area contributed by atoms with E-state index in [4.69, 9.17) is 5.11 Å². The van der Waals surface area contributed by atoms with E-state index in [2.05, 4.69) is 20.1 Å². The Morgan fingerprint density at radius 1 is 0.963 bits per heavy atom. The molecule has 1 heterocycles. The molecule has 0 aliphatic heterocycles. The first-order valence-corrected chi connectivity index (χ1v) is 7.60. The van der Waals surface area contributed by atoms with Crippen molar-refractivity contribution < 1.29 is 27.8 Å². The Morgan fingerprint density at radius 2 is 1.56 bits per heavy atom. The third-order valence-electron chi connectivity index (χ3n) is 3.54. The van der Waals surface area contributed by atoms with Crippen molar-refractivity contribution in [1.29, 1.82) is 0 Å². The molecule has 0 aliphatic carbocycles. The van der Waals surface area contributed by atoms with Crippen LogP contribution in [-0.2, 0) is 0 Å². The summed E-state index contributed by atoms with van der Waals surface area (Å²) >= 11 is 0. The molecule has 2 aromatic carbocycles. The van der Waals surface area contributed by atoms with Crippen molar-refractivity contribution in [3.05, 3.63) is 65.5 Å². The van der Waals surface area contributed by atoms with Gasteiger partial charge >= 0.3 is 12.3 Å². The molecule has 3 rings (SSSR count). The van der Waals surface area contributed by atoms with Crippen molar-refractivity contribution in [1.82, 2.24) is 15.4 Å². The van der Waals surface area contributed by atoms with Crippen molar-refractivity contribution in [2.75, 3.05) is 0 Å². The smallest absolute Gasteiger partial charge is 0.476 e. The summed E-state index contributed by atoms with van der Waals surface area (Å²) in [5, 5.41) is 18.5. The number of hydrogen-bond donors (Lipinski definition) is 2. The summed E-state index contributed by atoms with van der Waals surface area (Å²) in [5.74, 6) is -1.47. The number of nitrogens with one attached hydrogen (secondary N) is 1. The van der Waals surface area contributed by atoms with Gasteiger partial charge in [0.15, 0.2) is 5.69 Å². The van der Waals surface area contributed by atoms with Gasteiger partial charge < -0.3 is 9.84 Å². The average molecular weight is 375 g/mol. The van der Waals surface area contributed by atoms with Gasteiger partial charge in [-0.05, 0) is 34.9 Å². The number of ether oxygens (including phenoxy) is 1. The van der Waals surface area contributed by atoms with Gasteiger partial charge in [-0.25, -0.2) is 4.79 Å². The maximum Gasteiger partial charge on any atom is 0.573 e. The van der Waals surface area contributed by atoms with E-state index in [9.17, 15) is 18.0 Å². The summed E-state index contributed by atoms with van der Waals surface area (Å²) in [6, 6.07) is 12.7. The van der Waals surface area contributed by atoms with Crippen LogP contribution in [0.5, 0.6) is 5.75 Å². The molecule has 2 N–H and O–H groups in total. The molecule has 0 saturated heterocycles. The van der Waals surface area contributed by atoms with Crippen molar-refractivity contribution in [2.45, 2.75) is 6.36 Å². The first-order chi connectivity index (χ1) is 12.8. The number of nitrogens with zero attached hydrogens (tertiary/aromatic N) is 2. The Bertz CT molecular complexity index is 962. The summed E-state index contributed by atoms with van der Waals surface area (Å²) < 4.78 is 40.4. The molecule has 27 heavy (non-hydrogen) atoms. The number of carbonyl (C=O) groups is 1. The number of halogens is 3. The fourth-order valence-corrected chi connectivity index (χ4v) is 2.32.